The second-order valence-corrected chi connectivity index (χ2v) is 7.93. The number of amides is 1. The minimum absolute atomic E-state index is 0.0148. The summed E-state index contributed by atoms with van der Waals surface area (Å²) in [6, 6.07) is 22.3. The summed E-state index contributed by atoms with van der Waals surface area (Å²) in [4.78, 5) is 14.2. The van der Waals surface area contributed by atoms with Crippen molar-refractivity contribution in [2.75, 3.05) is 32.8 Å². The summed E-state index contributed by atoms with van der Waals surface area (Å²) in [6.07, 6.45) is 1.67. The van der Waals surface area contributed by atoms with Crippen molar-refractivity contribution in [3.05, 3.63) is 95.4 Å². The van der Waals surface area contributed by atoms with Crippen LogP contribution in [0.2, 0.25) is 0 Å². The van der Waals surface area contributed by atoms with Gasteiger partial charge in [0, 0.05) is 17.7 Å². The maximum Gasteiger partial charge on any atom is 0.275 e. The number of hydrogen-bond acceptors (Lipinski definition) is 3. The molecule has 2 aromatic carbocycles. The van der Waals surface area contributed by atoms with Gasteiger partial charge in [0.25, 0.3) is 5.91 Å². The van der Waals surface area contributed by atoms with Crippen LogP contribution < -0.4 is 15.5 Å². The zero-order chi connectivity index (χ0) is 21.3. The number of benzene rings is 2. The van der Waals surface area contributed by atoms with Crippen molar-refractivity contribution >= 4 is 5.91 Å². The Hall–Kier alpha value is -2.93. The van der Waals surface area contributed by atoms with Gasteiger partial charge in [0.15, 0.2) is 18.3 Å². The monoisotopic (exact) mass is 421 g/mol. The normalized spacial score (nSPS) is 15.5. The first-order valence-electron chi connectivity index (χ1n) is 11.0. The topological polar surface area (TPSA) is 72.5 Å². The van der Waals surface area contributed by atoms with E-state index in [-0.39, 0.29) is 11.9 Å². The molecule has 4 N–H and O–H groups in total. The van der Waals surface area contributed by atoms with E-state index in [2.05, 4.69) is 35.6 Å². The van der Waals surface area contributed by atoms with E-state index in [1.54, 1.807) is 6.26 Å². The third-order valence-corrected chi connectivity index (χ3v) is 5.78. The Morgan fingerprint density at radius 3 is 2.45 bits per heavy atom. The fraction of sp³-hybridized carbons (Fsp3) is 0.320. The Morgan fingerprint density at radius 1 is 0.968 bits per heavy atom. The van der Waals surface area contributed by atoms with Gasteiger partial charge in [0.05, 0.1) is 19.5 Å². The van der Waals surface area contributed by atoms with Gasteiger partial charge in [-0.1, -0.05) is 54.6 Å². The van der Waals surface area contributed by atoms with E-state index in [0.29, 0.717) is 13.1 Å². The van der Waals surface area contributed by atoms with Gasteiger partial charge >= 0.3 is 0 Å². The highest BCUT2D eigenvalue weighted by atomic mass is 16.5. The van der Waals surface area contributed by atoms with Gasteiger partial charge in [-0.25, -0.2) is 0 Å². The molecule has 0 bridgehead atoms. The lowest BCUT2D eigenvalue weighted by atomic mass is 10.0. The molecule has 0 aliphatic carbocycles. The summed E-state index contributed by atoms with van der Waals surface area (Å²) in [5, 5.41) is 5.12. The summed E-state index contributed by atoms with van der Waals surface area (Å²) in [7, 11) is 0. The highest BCUT2D eigenvalue weighted by molar-refractivity contribution is 5.76. The Bertz CT molecular complexity index is 938. The summed E-state index contributed by atoms with van der Waals surface area (Å²) in [5.41, 5.74) is 3.59. The Balaban J connectivity index is 1.33. The zero-order valence-electron chi connectivity index (χ0n) is 17.8. The third-order valence-electron chi connectivity index (χ3n) is 5.78. The van der Waals surface area contributed by atoms with Crippen LogP contribution in [-0.4, -0.2) is 38.8 Å². The van der Waals surface area contributed by atoms with Gasteiger partial charge in [0.2, 0.25) is 0 Å². The molecule has 2 heterocycles. The van der Waals surface area contributed by atoms with Crippen molar-refractivity contribution in [2.24, 2.45) is 0 Å². The van der Waals surface area contributed by atoms with E-state index in [1.165, 1.54) is 16.0 Å². The van der Waals surface area contributed by atoms with E-state index in [4.69, 9.17) is 9.15 Å². The number of quaternary nitrogens is 2. The Morgan fingerprint density at radius 2 is 1.71 bits per heavy atom. The van der Waals surface area contributed by atoms with Crippen LogP contribution in [0.4, 0.5) is 0 Å². The molecule has 1 amide bonds. The maximum atomic E-state index is 12.6. The van der Waals surface area contributed by atoms with Crippen LogP contribution in [0, 0.1) is 0 Å². The molecule has 3 aromatic rings. The highest BCUT2D eigenvalue weighted by Gasteiger charge is 2.21. The molecular formula is C25H31N3O3+2. The average molecular weight is 422 g/mol. The lowest BCUT2D eigenvalue weighted by Gasteiger charge is -2.24. The van der Waals surface area contributed by atoms with Crippen molar-refractivity contribution in [1.29, 1.82) is 0 Å². The number of nitrogens with two attached hydrogens (primary N) is 1. The van der Waals surface area contributed by atoms with Crippen LogP contribution >= 0.6 is 0 Å². The number of ether oxygens (including phenoxy) is 1. The molecule has 1 fully saturated rings. The molecule has 1 aromatic heterocycles. The van der Waals surface area contributed by atoms with E-state index >= 15 is 0 Å². The number of rotatable bonds is 9. The van der Waals surface area contributed by atoms with E-state index in [9.17, 15) is 4.79 Å². The van der Waals surface area contributed by atoms with Crippen LogP contribution in [0.5, 0.6) is 0 Å². The number of carbonyl (C=O) groups excluding carboxylic acids is 1. The van der Waals surface area contributed by atoms with Crippen LogP contribution in [-0.2, 0) is 22.6 Å². The van der Waals surface area contributed by atoms with Gasteiger partial charge in [-0.2, -0.15) is 0 Å². The smallest absolute Gasteiger partial charge is 0.275 e. The van der Waals surface area contributed by atoms with Crippen molar-refractivity contribution in [1.82, 2.24) is 5.32 Å². The molecule has 0 spiro atoms. The average Bonchev–Trinajstić information content (AvgIpc) is 3.35. The fourth-order valence-electron chi connectivity index (χ4n) is 4.04. The minimum atomic E-state index is -0.0424. The van der Waals surface area contributed by atoms with Gasteiger partial charge in [0.1, 0.15) is 19.6 Å². The number of morpholine rings is 1. The lowest BCUT2D eigenvalue weighted by molar-refractivity contribution is -0.921. The third kappa shape index (κ3) is 6.04. The van der Waals surface area contributed by atoms with E-state index in [0.717, 1.165) is 44.2 Å². The molecule has 0 saturated carbocycles. The van der Waals surface area contributed by atoms with Crippen LogP contribution in [0.3, 0.4) is 0 Å². The molecule has 4 rings (SSSR count). The van der Waals surface area contributed by atoms with Gasteiger partial charge in [-0.3, -0.25) is 4.79 Å². The molecule has 0 radical (unpaired) electrons. The minimum Gasteiger partial charge on any atom is -0.463 e. The van der Waals surface area contributed by atoms with Crippen LogP contribution in [0.25, 0.3) is 0 Å². The molecule has 0 unspecified atom stereocenters. The number of furan rings is 1. The first kappa shape index (κ1) is 21.3. The van der Waals surface area contributed by atoms with Gasteiger partial charge in [-0.05, 0) is 17.7 Å². The van der Waals surface area contributed by atoms with Crippen molar-refractivity contribution < 1.29 is 24.2 Å². The molecule has 1 aliphatic heterocycles. The van der Waals surface area contributed by atoms with Crippen LogP contribution in [0.1, 0.15) is 28.5 Å². The van der Waals surface area contributed by atoms with Crippen LogP contribution in [0.15, 0.2) is 77.4 Å². The molecule has 6 nitrogen and oxygen atoms in total. The molecule has 1 aliphatic rings. The fourth-order valence-corrected chi connectivity index (χ4v) is 4.04. The molecule has 6 heteroatoms. The zero-order valence-corrected chi connectivity index (χ0v) is 17.8. The molecule has 162 valence electrons. The lowest BCUT2D eigenvalue weighted by Crippen LogP contribution is -3.12. The van der Waals surface area contributed by atoms with Crippen molar-refractivity contribution in [3.8, 4) is 0 Å². The number of carbonyl (C=O) groups is 1. The quantitative estimate of drug-likeness (QED) is 0.475. The SMILES string of the molecule is O=C(C[NH2+][C@H](c1ccccc1)c1ccco1)NCc1ccccc1C[NH+]1CCOCC1. The predicted molar refractivity (Wildman–Crippen MR) is 117 cm³/mol. The van der Waals surface area contributed by atoms with E-state index in [1.807, 2.05) is 41.7 Å². The number of nitrogens with one attached hydrogen (secondary N) is 2. The van der Waals surface area contributed by atoms with Crippen molar-refractivity contribution in [2.45, 2.75) is 19.1 Å². The standard InChI is InChI=1S/C25H29N3O3/c29-24(18-27-25(23-11-6-14-31-23)20-7-2-1-3-8-20)26-17-21-9-4-5-10-22(21)19-28-12-15-30-16-13-28/h1-11,14,25,27H,12-13,15-19H2,(H,26,29)/p+2/t25-/m1/s1. The largest absolute Gasteiger partial charge is 0.463 e. The predicted octanol–water partition coefficient (Wildman–Crippen LogP) is 0.664. The second kappa shape index (κ2) is 10.9. The molecule has 1 atom stereocenters. The summed E-state index contributed by atoms with van der Waals surface area (Å²) in [5.74, 6) is 0.860. The number of hydrogen-bond donors (Lipinski definition) is 3. The Kier molecular flexibility index (Phi) is 7.50. The molecule has 31 heavy (non-hydrogen) atoms. The van der Waals surface area contributed by atoms with Gasteiger partial charge in [-0.15, -0.1) is 0 Å². The maximum absolute atomic E-state index is 12.6. The summed E-state index contributed by atoms with van der Waals surface area (Å²) >= 11 is 0. The second-order valence-electron chi connectivity index (χ2n) is 7.93. The molecular weight excluding hydrogens is 390 g/mol. The Labute approximate surface area is 183 Å². The summed E-state index contributed by atoms with van der Waals surface area (Å²) in [6.45, 7) is 5.55. The molecule has 1 saturated heterocycles. The van der Waals surface area contributed by atoms with E-state index < -0.39 is 0 Å². The first-order valence-corrected chi connectivity index (χ1v) is 11.0. The van der Waals surface area contributed by atoms with Crippen molar-refractivity contribution in [3.63, 3.8) is 0 Å². The highest BCUT2D eigenvalue weighted by Crippen LogP contribution is 2.18. The summed E-state index contributed by atoms with van der Waals surface area (Å²) < 4.78 is 11.1. The first-order chi connectivity index (χ1) is 15.3. The van der Waals surface area contributed by atoms with Gasteiger partial charge < -0.3 is 24.7 Å².